The minimum absolute atomic E-state index is 0.0265. The van der Waals surface area contributed by atoms with Crippen molar-refractivity contribution in [1.82, 2.24) is 0 Å². The van der Waals surface area contributed by atoms with Gasteiger partial charge < -0.3 is 0 Å². The van der Waals surface area contributed by atoms with E-state index in [1.165, 1.54) is 12.1 Å². The van der Waals surface area contributed by atoms with Gasteiger partial charge in [0.1, 0.15) is 11.6 Å². The van der Waals surface area contributed by atoms with Gasteiger partial charge in [0.05, 0.1) is 20.1 Å². The summed E-state index contributed by atoms with van der Waals surface area (Å²) in [7, 11) is -4.06. The highest BCUT2D eigenvalue weighted by atomic mass is 79.9. The number of rotatable bonds is 3. The Labute approximate surface area is 141 Å². The Hall–Kier alpha value is -0.700. The third-order valence-electron chi connectivity index (χ3n) is 2.44. The fourth-order valence-electron chi connectivity index (χ4n) is 1.48. The topological polar surface area (TPSA) is 46.2 Å². The second-order valence-corrected chi connectivity index (χ2v) is 7.72. The predicted molar refractivity (Wildman–Crippen MR) is 84.0 cm³/mol. The van der Waals surface area contributed by atoms with Crippen molar-refractivity contribution in [2.45, 2.75) is 4.90 Å². The molecule has 112 valence electrons. The van der Waals surface area contributed by atoms with Gasteiger partial charge in [-0.05, 0) is 62.2 Å². The summed E-state index contributed by atoms with van der Waals surface area (Å²) >= 11 is 11.8. The number of hydrogen-bond acceptors (Lipinski definition) is 2. The molecule has 2 aromatic rings. The lowest BCUT2D eigenvalue weighted by Gasteiger charge is -2.12. The van der Waals surface area contributed by atoms with E-state index >= 15 is 0 Å². The van der Waals surface area contributed by atoms with Crippen LogP contribution in [0.2, 0.25) is 5.02 Å². The lowest BCUT2D eigenvalue weighted by atomic mass is 10.3. The smallest absolute Gasteiger partial charge is 0.262 e. The largest absolute Gasteiger partial charge is 0.277 e. The van der Waals surface area contributed by atoms with E-state index in [4.69, 9.17) is 11.6 Å². The zero-order chi connectivity index (χ0) is 15.8. The van der Waals surface area contributed by atoms with E-state index in [1.54, 1.807) is 0 Å². The molecule has 0 aromatic heterocycles. The summed E-state index contributed by atoms with van der Waals surface area (Å²) < 4.78 is 53.4. The van der Waals surface area contributed by atoms with Gasteiger partial charge in [0, 0.05) is 4.47 Å². The summed E-state index contributed by atoms with van der Waals surface area (Å²) in [6.07, 6.45) is 0. The molecular formula is C12H6Br2ClF2NO2S. The molecule has 0 saturated carbocycles. The zero-order valence-corrected chi connectivity index (χ0v) is 14.7. The summed E-state index contributed by atoms with van der Waals surface area (Å²) in [4.78, 5) is -0.282. The molecular weight excluding hydrogens is 455 g/mol. The van der Waals surface area contributed by atoms with Crippen LogP contribution in [0.5, 0.6) is 0 Å². The highest BCUT2D eigenvalue weighted by molar-refractivity contribution is 9.10. The van der Waals surface area contributed by atoms with Crippen molar-refractivity contribution in [3.05, 3.63) is 55.9 Å². The fourth-order valence-corrected chi connectivity index (χ4v) is 3.92. The van der Waals surface area contributed by atoms with Crippen LogP contribution in [0.25, 0.3) is 0 Å². The highest BCUT2D eigenvalue weighted by Crippen LogP contribution is 2.33. The Morgan fingerprint density at radius 2 is 1.71 bits per heavy atom. The Balaban J connectivity index is 2.44. The summed E-state index contributed by atoms with van der Waals surface area (Å²) in [5.74, 6) is -1.34. The van der Waals surface area contributed by atoms with E-state index in [-0.39, 0.29) is 24.6 Å². The SMILES string of the molecule is O=S(=O)(Nc1c(Cl)cc(F)cc1Br)c1ccc(Br)c(F)c1. The number of anilines is 1. The molecule has 0 amide bonds. The molecule has 9 heteroatoms. The second-order valence-electron chi connectivity index (χ2n) is 3.93. The van der Waals surface area contributed by atoms with E-state index in [0.717, 1.165) is 18.2 Å². The maximum atomic E-state index is 13.4. The van der Waals surface area contributed by atoms with Crippen molar-refractivity contribution in [3.8, 4) is 0 Å². The third kappa shape index (κ3) is 3.74. The van der Waals surface area contributed by atoms with Gasteiger partial charge in [-0.3, -0.25) is 4.72 Å². The first kappa shape index (κ1) is 16.7. The minimum Gasteiger partial charge on any atom is -0.277 e. The number of hydrogen-bond donors (Lipinski definition) is 1. The molecule has 0 heterocycles. The summed E-state index contributed by atoms with van der Waals surface area (Å²) in [5, 5.41) is -0.122. The molecule has 2 rings (SSSR count). The normalized spacial score (nSPS) is 11.5. The molecule has 0 fully saturated rings. The Kier molecular flexibility index (Phi) is 4.92. The van der Waals surface area contributed by atoms with Crippen LogP contribution < -0.4 is 4.72 Å². The molecule has 0 unspecified atom stereocenters. The monoisotopic (exact) mass is 459 g/mol. The molecule has 0 aliphatic carbocycles. The van der Waals surface area contributed by atoms with Gasteiger partial charge in [0.2, 0.25) is 0 Å². The first-order valence-electron chi connectivity index (χ1n) is 5.33. The number of sulfonamides is 1. The minimum atomic E-state index is -4.06. The lowest BCUT2D eigenvalue weighted by Crippen LogP contribution is -2.14. The maximum absolute atomic E-state index is 13.4. The zero-order valence-electron chi connectivity index (χ0n) is 10.0. The van der Waals surface area contributed by atoms with E-state index < -0.39 is 21.7 Å². The van der Waals surface area contributed by atoms with Crippen molar-refractivity contribution in [2.24, 2.45) is 0 Å². The van der Waals surface area contributed by atoms with Crippen LogP contribution >= 0.6 is 43.5 Å². The van der Waals surface area contributed by atoms with Gasteiger partial charge in [-0.2, -0.15) is 0 Å². The van der Waals surface area contributed by atoms with Crippen LogP contribution in [0, 0.1) is 11.6 Å². The van der Waals surface area contributed by atoms with Crippen LogP contribution in [0.4, 0.5) is 14.5 Å². The summed E-state index contributed by atoms with van der Waals surface area (Å²) in [6.45, 7) is 0. The maximum Gasteiger partial charge on any atom is 0.262 e. The molecule has 21 heavy (non-hydrogen) atoms. The van der Waals surface area contributed by atoms with Crippen molar-refractivity contribution >= 4 is 59.2 Å². The predicted octanol–water partition coefficient (Wildman–Crippen LogP) is 4.94. The Morgan fingerprint density at radius 1 is 1.05 bits per heavy atom. The first-order chi connectivity index (χ1) is 9.70. The van der Waals surface area contributed by atoms with Gasteiger partial charge in [0.25, 0.3) is 10.0 Å². The van der Waals surface area contributed by atoms with E-state index in [2.05, 4.69) is 36.6 Å². The van der Waals surface area contributed by atoms with Crippen LogP contribution in [-0.4, -0.2) is 8.42 Å². The molecule has 0 aliphatic heterocycles. The van der Waals surface area contributed by atoms with Gasteiger partial charge in [0.15, 0.2) is 0 Å². The van der Waals surface area contributed by atoms with Gasteiger partial charge >= 0.3 is 0 Å². The summed E-state index contributed by atoms with van der Waals surface area (Å²) in [5.41, 5.74) is -0.0265. The van der Waals surface area contributed by atoms with Crippen molar-refractivity contribution < 1.29 is 17.2 Å². The van der Waals surface area contributed by atoms with Gasteiger partial charge in [-0.15, -0.1) is 0 Å². The van der Waals surface area contributed by atoms with Crippen LogP contribution in [0.15, 0.2) is 44.2 Å². The molecule has 0 atom stereocenters. The van der Waals surface area contributed by atoms with Crippen LogP contribution in [-0.2, 0) is 10.0 Å². The number of benzene rings is 2. The number of nitrogens with one attached hydrogen (secondary N) is 1. The van der Waals surface area contributed by atoms with Crippen LogP contribution in [0.1, 0.15) is 0 Å². The Morgan fingerprint density at radius 3 is 2.29 bits per heavy atom. The van der Waals surface area contributed by atoms with Crippen molar-refractivity contribution in [1.29, 1.82) is 0 Å². The number of halogens is 5. The Bertz CT molecular complexity index is 792. The lowest BCUT2D eigenvalue weighted by molar-refractivity contribution is 0.593. The van der Waals surface area contributed by atoms with E-state index in [1.807, 2.05) is 0 Å². The highest BCUT2D eigenvalue weighted by Gasteiger charge is 2.19. The van der Waals surface area contributed by atoms with E-state index in [0.29, 0.717) is 0 Å². The first-order valence-corrected chi connectivity index (χ1v) is 8.78. The van der Waals surface area contributed by atoms with Crippen LogP contribution in [0.3, 0.4) is 0 Å². The molecule has 0 spiro atoms. The molecule has 1 N–H and O–H groups in total. The average Bonchev–Trinajstić information content (AvgIpc) is 2.37. The summed E-state index contributed by atoms with van der Waals surface area (Å²) in [6, 6.07) is 5.38. The van der Waals surface area contributed by atoms with E-state index in [9.17, 15) is 17.2 Å². The van der Waals surface area contributed by atoms with Gasteiger partial charge in [-0.1, -0.05) is 11.6 Å². The van der Waals surface area contributed by atoms with Gasteiger partial charge in [-0.25, -0.2) is 17.2 Å². The average molecular weight is 462 g/mol. The molecule has 0 bridgehead atoms. The second kappa shape index (κ2) is 6.20. The molecule has 0 radical (unpaired) electrons. The molecule has 2 aromatic carbocycles. The molecule has 3 nitrogen and oxygen atoms in total. The quantitative estimate of drug-likeness (QED) is 0.704. The molecule has 0 saturated heterocycles. The van der Waals surface area contributed by atoms with Crippen molar-refractivity contribution in [3.63, 3.8) is 0 Å². The van der Waals surface area contributed by atoms with Crippen molar-refractivity contribution in [2.75, 3.05) is 4.72 Å². The molecule has 0 aliphatic rings. The standard InChI is InChI=1S/C12H6Br2ClF2NO2S/c13-8-2-1-7(5-11(8)17)21(19,20)18-12-9(14)3-6(16)4-10(12)15/h1-5,18H. The third-order valence-corrected chi connectivity index (χ3v) is 5.36. The fraction of sp³-hybridized carbons (Fsp3) is 0.